The number of rotatable bonds is 4. The maximum Gasteiger partial charge on any atom is 0.329 e. The lowest BCUT2D eigenvalue weighted by molar-refractivity contribution is -0.148. The highest BCUT2D eigenvalue weighted by Crippen LogP contribution is 2.35. The van der Waals surface area contributed by atoms with Gasteiger partial charge in [0.15, 0.2) is 0 Å². The molecule has 2 rings (SSSR count). The maximum atomic E-state index is 12.6. The number of hydrogen-bond donors (Lipinski definition) is 2. The largest absolute Gasteiger partial charge is 0.479 e. The summed E-state index contributed by atoms with van der Waals surface area (Å²) >= 11 is 0. The van der Waals surface area contributed by atoms with Gasteiger partial charge in [-0.3, -0.25) is 4.79 Å². The molecule has 108 valence electrons. The van der Waals surface area contributed by atoms with Crippen molar-refractivity contribution in [1.29, 1.82) is 0 Å². The summed E-state index contributed by atoms with van der Waals surface area (Å²) in [6.07, 6.45) is 2.48. The molecule has 3 N–H and O–H groups in total. The SMILES string of the molecule is CCCC1(C(=O)O)CCCN1C(=O)c1ccc(N)cc1. The van der Waals surface area contributed by atoms with E-state index < -0.39 is 11.5 Å². The van der Waals surface area contributed by atoms with E-state index in [1.807, 2.05) is 6.92 Å². The minimum Gasteiger partial charge on any atom is -0.479 e. The lowest BCUT2D eigenvalue weighted by Crippen LogP contribution is -2.53. The third kappa shape index (κ3) is 2.35. The molecular formula is C15H20N2O3. The van der Waals surface area contributed by atoms with Crippen LogP contribution in [-0.2, 0) is 4.79 Å². The molecule has 0 radical (unpaired) electrons. The predicted octanol–water partition coefficient (Wildman–Crippen LogP) is 2.13. The molecule has 5 heteroatoms. The van der Waals surface area contributed by atoms with Crippen LogP contribution in [0.25, 0.3) is 0 Å². The molecule has 0 bridgehead atoms. The Kier molecular flexibility index (Phi) is 3.97. The van der Waals surface area contributed by atoms with Gasteiger partial charge in [-0.2, -0.15) is 0 Å². The molecule has 5 nitrogen and oxygen atoms in total. The van der Waals surface area contributed by atoms with Gasteiger partial charge in [0.1, 0.15) is 5.54 Å². The number of hydrogen-bond acceptors (Lipinski definition) is 3. The molecule has 0 aromatic heterocycles. The fourth-order valence-electron chi connectivity index (χ4n) is 2.96. The van der Waals surface area contributed by atoms with Crippen LogP contribution < -0.4 is 5.73 Å². The Bertz CT molecular complexity index is 512. The van der Waals surface area contributed by atoms with Gasteiger partial charge in [-0.1, -0.05) is 13.3 Å². The molecule has 1 fully saturated rings. The molecule has 1 aliphatic rings. The average Bonchev–Trinajstić information content (AvgIpc) is 2.84. The zero-order chi connectivity index (χ0) is 14.8. The molecule has 1 aromatic carbocycles. The van der Waals surface area contributed by atoms with Crippen molar-refractivity contribution < 1.29 is 14.7 Å². The van der Waals surface area contributed by atoms with Gasteiger partial charge in [0.05, 0.1) is 0 Å². The summed E-state index contributed by atoms with van der Waals surface area (Å²) in [5, 5.41) is 9.59. The van der Waals surface area contributed by atoms with Gasteiger partial charge in [-0.15, -0.1) is 0 Å². The van der Waals surface area contributed by atoms with E-state index in [2.05, 4.69) is 0 Å². The van der Waals surface area contributed by atoms with E-state index >= 15 is 0 Å². The van der Waals surface area contributed by atoms with E-state index in [1.165, 1.54) is 4.90 Å². The smallest absolute Gasteiger partial charge is 0.329 e. The number of carbonyl (C=O) groups excluding carboxylic acids is 1. The summed E-state index contributed by atoms with van der Waals surface area (Å²) in [6.45, 7) is 2.43. The van der Waals surface area contributed by atoms with Crippen molar-refractivity contribution in [2.75, 3.05) is 12.3 Å². The number of anilines is 1. The van der Waals surface area contributed by atoms with Crippen LogP contribution in [0.4, 0.5) is 5.69 Å². The summed E-state index contributed by atoms with van der Waals surface area (Å²) in [7, 11) is 0. The molecule has 1 aliphatic heterocycles. The second-order valence-corrected chi connectivity index (χ2v) is 5.27. The Morgan fingerprint density at radius 2 is 2.00 bits per heavy atom. The van der Waals surface area contributed by atoms with Crippen LogP contribution in [0, 0.1) is 0 Å². The predicted molar refractivity (Wildman–Crippen MR) is 76.4 cm³/mol. The van der Waals surface area contributed by atoms with Gasteiger partial charge >= 0.3 is 5.97 Å². The monoisotopic (exact) mass is 276 g/mol. The van der Waals surface area contributed by atoms with E-state index in [9.17, 15) is 14.7 Å². The fraction of sp³-hybridized carbons (Fsp3) is 0.467. The highest BCUT2D eigenvalue weighted by atomic mass is 16.4. The second-order valence-electron chi connectivity index (χ2n) is 5.27. The van der Waals surface area contributed by atoms with E-state index in [4.69, 9.17) is 5.73 Å². The van der Waals surface area contributed by atoms with Gasteiger partial charge in [0, 0.05) is 17.8 Å². The molecule has 1 atom stereocenters. The van der Waals surface area contributed by atoms with Crippen molar-refractivity contribution in [3.63, 3.8) is 0 Å². The number of nitrogens with two attached hydrogens (primary N) is 1. The van der Waals surface area contributed by atoms with Crippen molar-refractivity contribution in [3.8, 4) is 0 Å². The number of likely N-dealkylation sites (tertiary alicyclic amines) is 1. The van der Waals surface area contributed by atoms with Crippen LogP contribution in [-0.4, -0.2) is 34.0 Å². The van der Waals surface area contributed by atoms with Crippen molar-refractivity contribution >= 4 is 17.6 Å². The molecule has 20 heavy (non-hydrogen) atoms. The Morgan fingerprint density at radius 1 is 1.35 bits per heavy atom. The first kappa shape index (κ1) is 14.4. The quantitative estimate of drug-likeness (QED) is 0.825. The van der Waals surface area contributed by atoms with Gasteiger partial charge < -0.3 is 15.7 Å². The Hall–Kier alpha value is -2.04. The zero-order valence-electron chi connectivity index (χ0n) is 11.6. The number of carbonyl (C=O) groups is 2. The molecule has 0 spiro atoms. The molecule has 1 unspecified atom stereocenters. The molecular weight excluding hydrogens is 256 g/mol. The fourth-order valence-corrected chi connectivity index (χ4v) is 2.96. The second kappa shape index (κ2) is 5.53. The number of aliphatic carboxylic acids is 1. The Balaban J connectivity index is 2.32. The first-order valence-corrected chi connectivity index (χ1v) is 6.92. The van der Waals surface area contributed by atoms with Crippen LogP contribution >= 0.6 is 0 Å². The van der Waals surface area contributed by atoms with Crippen LogP contribution in [0.2, 0.25) is 0 Å². The summed E-state index contributed by atoms with van der Waals surface area (Å²) in [6, 6.07) is 6.61. The van der Waals surface area contributed by atoms with E-state index in [1.54, 1.807) is 24.3 Å². The minimum atomic E-state index is -1.05. The Morgan fingerprint density at radius 3 is 2.55 bits per heavy atom. The van der Waals surface area contributed by atoms with Crippen LogP contribution in [0.3, 0.4) is 0 Å². The number of nitrogens with zero attached hydrogens (tertiary/aromatic N) is 1. The standard InChI is InChI=1S/C15H20N2O3/c1-2-8-15(14(19)20)9-3-10-17(15)13(18)11-4-6-12(16)7-5-11/h4-7H,2-3,8-10,16H2,1H3,(H,19,20). The van der Waals surface area contributed by atoms with Crippen molar-refractivity contribution in [3.05, 3.63) is 29.8 Å². The van der Waals surface area contributed by atoms with Gasteiger partial charge in [-0.05, 0) is 43.5 Å². The maximum absolute atomic E-state index is 12.6. The lowest BCUT2D eigenvalue weighted by Gasteiger charge is -2.34. The van der Waals surface area contributed by atoms with Crippen LogP contribution in [0.1, 0.15) is 43.0 Å². The van der Waals surface area contributed by atoms with E-state index in [-0.39, 0.29) is 5.91 Å². The molecule has 1 saturated heterocycles. The summed E-state index contributed by atoms with van der Waals surface area (Å²) in [5.74, 6) is -1.13. The number of carboxylic acids is 1. The highest BCUT2D eigenvalue weighted by Gasteiger charge is 2.49. The normalized spacial score (nSPS) is 21.9. The first-order chi connectivity index (χ1) is 9.51. The topological polar surface area (TPSA) is 83.6 Å². The molecule has 0 aliphatic carbocycles. The van der Waals surface area contributed by atoms with E-state index in [0.29, 0.717) is 30.6 Å². The molecule has 1 aromatic rings. The van der Waals surface area contributed by atoms with Gasteiger partial charge in [0.25, 0.3) is 5.91 Å². The Labute approximate surface area is 118 Å². The van der Waals surface area contributed by atoms with Crippen molar-refractivity contribution in [1.82, 2.24) is 4.90 Å². The highest BCUT2D eigenvalue weighted by molar-refractivity contribution is 5.98. The first-order valence-electron chi connectivity index (χ1n) is 6.92. The van der Waals surface area contributed by atoms with Crippen LogP contribution in [0.15, 0.2) is 24.3 Å². The van der Waals surface area contributed by atoms with Crippen molar-refractivity contribution in [2.24, 2.45) is 0 Å². The number of nitrogen functional groups attached to an aromatic ring is 1. The van der Waals surface area contributed by atoms with Gasteiger partial charge in [-0.25, -0.2) is 4.79 Å². The van der Waals surface area contributed by atoms with E-state index in [0.717, 1.165) is 12.8 Å². The molecule has 0 saturated carbocycles. The summed E-state index contributed by atoms with van der Waals surface area (Å²) in [4.78, 5) is 25.8. The number of amides is 1. The van der Waals surface area contributed by atoms with Crippen LogP contribution in [0.5, 0.6) is 0 Å². The third-order valence-corrected chi connectivity index (χ3v) is 3.95. The number of carboxylic acid groups (broad SMARTS) is 1. The van der Waals surface area contributed by atoms with Crippen molar-refractivity contribution in [2.45, 2.75) is 38.1 Å². The van der Waals surface area contributed by atoms with Gasteiger partial charge in [0.2, 0.25) is 0 Å². The molecule has 1 heterocycles. The number of benzene rings is 1. The zero-order valence-corrected chi connectivity index (χ0v) is 11.6. The lowest BCUT2D eigenvalue weighted by atomic mass is 9.90. The average molecular weight is 276 g/mol. The minimum absolute atomic E-state index is 0.224. The molecule has 1 amide bonds. The summed E-state index contributed by atoms with van der Waals surface area (Å²) < 4.78 is 0. The third-order valence-electron chi connectivity index (χ3n) is 3.95. The summed E-state index contributed by atoms with van der Waals surface area (Å²) in [5.41, 5.74) is 5.64.